The van der Waals surface area contributed by atoms with Crippen molar-refractivity contribution >= 4 is 27.9 Å². The lowest BCUT2D eigenvalue weighted by Gasteiger charge is -2.12. The summed E-state index contributed by atoms with van der Waals surface area (Å²) in [6, 6.07) is 10.9. The summed E-state index contributed by atoms with van der Waals surface area (Å²) in [6.45, 7) is 3.36. The maximum Gasteiger partial charge on any atom is 0.346 e. The van der Waals surface area contributed by atoms with Gasteiger partial charge in [0, 0.05) is 23.6 Å². The molecular formula is C23H18O8. The third-order valence-electron chi connectivity index (χ3n) is 4.71. The van der Waals surface area contributed by atoms with E-state index in [2.05, 4.69) is 4.74 Å². The Balaban J connectivity index is 1.64. The molecule has 2 heterocycles. The Hall–Kier alpha value is -4.07. The highest BCUT2D eigenvalue weighted by atomic mass is 16.6. The summed E-state index contributed by atoms with van der Waals surface area (Å²) < 4.78 is 26.6. The van der Waals surface area contributed by atoms with Crippen molar-refractivity contribution in [2.24, 2.45) is 0 Å². The molecule has 158 valence electrons. The number of ether oxygens (including phenoxy) is 3. The van der Waals surface area contributed by atoms with Crippen LogP contribution in [0.5, 0.6) is 17.2 Å². The van der Waals surface area contributed by atoms with E-state index in [0.29, 0.717) is 17.1 Å². The molecule has 0 bridgehead atoms. The molecule has 0 aliphatic carbocycles. The van der Waals surface area contributed by atoms with E-state index in [1.165, 1.54) is 31.6 Å². The van der Waals surface area contributed by atoms with Gasteiger partial charge in [0.05, 0.1) is 12.5 Å². The van der Waals surface area contributed by atoms with Crippen LogP contribution >= 0.6 is 0 Å². The number of carbonyl (C=O) groups excluding carboxylic acids is 1. The van der Waals surface area contributed by atoms with E-state index in [4.69, 9.17) is 18.3 Å². The van der Waals surface area contributed by atoms with Crippen LogP contribution in [0.25, 0.3) is 21.9 Å². The van der Waals surface area contributed by atoms with Crippen molar-refractivity contribution in [2.75, 3.05) is 7.11 Å². The molecule has 0 fully saturated rings. The molecule has 2 aromatic carbocycles. The lowest BCUT2D eigenvalue weighted by Crippen LogP contribution is -2.24. The zero-order valence-electron chi connectivity index (χ0n) is 17.0. The monoisotopic (exact) mass is 422 g/mol. The number of hydrogen-bond donors (Lipinski definition) is 0. The molecule has 0 aliphatic rings. The van der Waals surface area contributed by atoms with E-state index in [0.717, 1.165) is 10.9 Å². The van der Waals surface area contributed by atoms with Crippen molar-refractivity contribution in [1.82, 2.24) is 0 Å². The Morgan fingerprint density at radius 2 is 1.68 bits per heavy atom. The normalized spacial score (nSPS) is 12.0. The topological polar surface area (TPSA) is 105 Å². The van der Waals surface area contributed by atoms with Crippen molar-refractivity contribution in [3.63, 3.8) is 0 Å². The third-order valence-corrected chi connectivity index (χ3v) is 4.71. The summed E-state index contributed by atoms with van der Waals surface area (Å²) in [5.74, 6) is 0.118. The van der Waals surface area contributed by atoms with Crippen LogP contribution in [0.2, 0.25) is 0 Å². The number of aryl methyl sites for hydroxylation is 1. The summed E-state index contributed by atoms with van der Waals surface area (Å²) in [4.78, 5) is 35.9. The van der Waals surface area contributed by atoms with Gasteiger partial charge in [-0.1, -0.05) is 0 Å². The van der Waals surface area contributed by atoms with E-state index in [9.17, 15) is 14.4 Å². The van der Waals surface area contributed by atoms with Gasteiger partial charge in [0.1, 0.15) is 28.9 Å². The molecule has 0 saturated carbocycles. The van der Waals surface area contributed by atoms with Crippen molar-refractivity contribution in [2.45, 2.75) is 20.0 Å². The fourth-order valence-corrected chi connectivity index (χ4v) is 3.15. The zero-order valence-corrected chi connectivity index (χ0v) is 17.0. The van der Waals surface area contributed by atoms with Crippen LogP contribution in [0, 0.1) is 6.92 Å². The molecule has 2 aromatic heterocycles. The Morgan fingerprint density at radius 3 is 2.45 bits per heavy atom. The van der Waals surface area contributed by atoms with Crippen molar-refractivity contribution < 1.29 is 27.8 Å². The quantitative estimate of drug-likeness (QED) is 0.352. The Bertz CT molecular complexity index is 1410. The van der Waals surface area contributed by atoms with Crippen LogP contribution in [0.4, 0.5) is 0 Å². The first-order valence-electron chi connectivity index (χ1n) is 9.38. The predicted octanol–water partition coefficient (Wildman–Crippen LogP) is 3.94. The van der Waals surface area contributed by atoms with Gasteiger partial charge in [-0.15, -0.1) is 0 Å². The number of hydrogen-bond acceptors (Lipinski definition) is 8. The number of methoxy groups -OCH3 is 1. The third kappa shape index (κ3) is 4.00. The van der Waals surface area contributed by atoms with E-state index < -0.39 is 17.7 Å². The Morgan fingerprint density at radius 1 is 0.968 bits per heavy atom. The molecule has 0 spiro atoms. The van der Waals surface area contributed by atoms with Gasteiger partial charge in [-0.2, -0.15) is 0 Å². The first-order chi connectivity index (χ1) is 14.9. The molecule has 31 heavy (non-hydrogen) atoms. The van der Waals surface area contributed by atoms with Gasteiger partial charge in [0.15, 0.2) is 6.10 Å². The van der Waals surface area contributed by atoms with E-state index in [-0.39, 0.29) is 22.1 Å². The SMILES string of the molecule is COC(=O)C(C)Oc1ccc2c(=O)c(Oc3ccc4c(C)cc(=O)oc4c3)coc2c1. The van der Waals surface area contributed by atoms with Crippen LogP contribution in [-0.4, -0.2) is 19.2 Å². The number of benzene rings is 2. The van der Waals surface area contributed by atoms with E-state index in [1.807, 2.05) is 6.92 Å². The minimum atomic E-state index is -0.812. The van der Waals surface area contributed by atoms with Gasteiger partial charge in [0.2, 0.25) is 11.2 Å². The molecule has 4 aromatic rings. The molecular weight excluding hydrogens is 404 g/mol. The van der Waals surface area contributed by atoms with Gasteiger partial charge in [-0.3, -0.25) is 4.79 Å². The summed E-state index contributed by atoms with van der Waals surface area (Å²) >= 11 is 0. The first-order valence-corrected chi connectivity index (χ1v) is 9.38. The van der Waals surface area contributed by atoms with Gasteiger partial charge in [0.25, 0.3) is 0 Å². The summed E-state index contributed by atoms with van der Waals surface area (Å²) in [5, 5.41) is 1.05. The van der Waals surface area contributed by atoms with E-state index in [1.54, 1.807) is 31.2 Å². The van der Waals surface area contributed by atoms with Crippen LogP contribution in [0.15, 0.2) is 67.2 Å². The van der Waals surface area contributed by atoms with Gasteiger partial charge in [-0.25, -0.2) is 9.59 Å². The molecule has 0 saturated heterocycles. The average Bonchev–Trinajstić information content (AvgIpc) is 2.74. The van der Waals surface area contributed by atoms with Crippen LogP contribution in [0.3, 0.4) is 0 Å². The maximum absolute atomic E-state index is 12.8. The highest BCUT2D eigenvalue weighted by molar-refractivity contribution is 5.82. The molecule has 0 radical (unpaired) electrons. The summed E-state index contributed by atoms with van der Waals surface area (Å²) in [5.41, 5.74) is 0.551. The number of esters is 1. The fraction of sp³-hybridized carbons (Fsp3) is 0.174. The zero-order chi connectivity index (χ0) is 22.1. The summed E-state index contributed by atoms with van der Waals surface area (Å²) in [7, 11) is 1.27. The maximum atomic E-state index is 12.8. The number of carbonyl (C=O) groups is 1. The Kier molecular flexibility index (Phi) is 5.21. The fourth-order valence-electron chi connectivity index (χ4n) is 3.15. The highest BCUT2D eigenvalue weighted by Crippen LogP contribution is 2.27. The van der Waals surface area contributed by atoms with Crippen LogP contribution < -0.4 is 20.5 Å². The largest absolute Gasteiger partial charge is 0.479 e. The highest BCUT2D eigenvalue weighted by Gasteiger charge is 2.16. The molecule has 1 unspecified atom stereocenters. The first kappa shape index (κ1) is 20.2. The second-order valence-corrected chi connectivity index (χ2v) is 6.88. The van der Waals surface area contributed by atoms with Gasteiger partial charge < -0.3 is 23.0 Å². The standard InChI is InChI=1S/C23H18O8/c1-12-8-21(24)31-19-10-15(4-6-16(12)19)30-20-11-28-18-9-14(5-7-17(18)22(20)25)29-13(2)23(26)27-3/h4-11,13H,1-3H3. The minimum Gasteiger partial charge on any atom is -0.479 e. The minimum absolute atomic E-state index is 0.0292. The molecule has 4 rings (SSSR count). The second-order valence-electron chi connectivity index (χ2n) is 6.88. The molecule has 0 N–H and O–H groups in total. The smallest absolute Gasteiger partial charge is 0.346 e. The molecule has 0 amide bonds. The molecule has 1 atom stereocenters. The predicted molar refractivity (Wildman–Crippen MR) is 112 cm³/mol. The van der Waals surface area contributed by atoms with Gasteiger partial charge in [-0.05, 0) is 43.7 Å². The van der Waals surface area contributed by atoms with Crippen molar-refractivity contribution in [3.05, 3.63) is 74.9 Å². The van der Waals surface area contributed by atoms with Gasteiger partial charge >= 0.3 is 11.6 Å². The molecule has 8 nitrogen and oxygen atoms in total. The number of rotatable bonds is 5. The van der Waals surface area contributed by atoms with Crippen LogP contribution in [-0.2, 0) is 9.53 Å². The number of fused-ring (bicyclic) bond motifs is 2. The lowest BCUT2D eigenvalue weighted by atomic mass is 10.1. The van der Waals surface area contributed by atoms with E-state index >= 15 is 0 Å². The second kappa shape index (κ2) is 7.98. The summed E-state index contributed by atoms with van der Waals surface area (Å²) in [6.07, 6.45) is 0.378. The van der Waals surface area contributed by atoms with Crippen molar-refractivity contribution in [1.29, 1.82) is 0 Å². The molecule has 0 aliphatic heterocycles. The Labute approximate surface area is 175 Å². The average molecular weight is 422 g/mol. The molecule has 8 heteroatoms. The van der Waals surface area contributed by atoms with Crippen LogP contribution in [0.1, 0.15) is 12.5 Å². The van der Waals surface area contributed by atoms with Crippen molar-refractivity contribution in [3.8, 4) is 17.2 Å². The lowest BCUT2D eigenvalue weighted by molar-refractivity contribution is -0.147.